The van der Waals surface area contributed by atoms with Crippen LogP contribution >= 0.6 is 23.2 Å². The first kappa shape index (κ1) is 20.9. The van der Waals surface area contributed by atoms with E-state index in [1.54, 1.807) is 12.1 Å². The molecule has 0 saturated carbocycles. The summed E-state index contributed by atoms with van der Waals surface area (Å²) in [7, 11) is 0. The van der Waals surface area contributed by atoms with Crippen molar-refractivity contribution in [3.63, 3.8) is 0 Å². The van der Waals surface area contributed by atoms with Gasteiger partial charge in [-0.05, 0) is 62.2 Å². The zero-order chi connectivity index (χ0) is 21.3. The van der Waals surface area contributed by atoms with Crippen LogP contribution in [0.3, 0.4) is 0 Å². The Hall–Kier alpha value is -2.34. The Bertz CT molecular complexity index is 1150. The monoisotopic (exact) mass is 444 g/mol. The van der Waals surface area contributed by atoms with Crippen molar-refractivity contribution in [2.45, 2.75) is 25.8 Å². The van der Waals surface area contributed by atoms with Crippen LogP contribution in [0, 0.1) is 6.92 Å². The van der Waals surface area contributed by atoms with Crippen molar-refractivity contribution in [1.82, 2.24) is 10.2 Å². The summed E-state index contributed by atoms with van der Waals surface area (Å²) in [5.41, 5.74) is 1.80. The number of hydrogen-bond donors (Lipinski definition) is 1. The molecule has 1 aliphatic heterocycles. The Morgan fingerprint density at radius 2 is 1.87 bits per heavy atom. The van der Waals surface area contributed by atoms with Gasteiger partial charge in [0.25, 0.3) is 5.91 Å². The Morgan fingerprint density at radius 3 is 2.60 bits per heavy atom. The molecule has 0 aliphatic carbocycles. The fourth-order valence-electron chi connectivity index (χ4n) is 3.90. The lowest BCUT2D eigenvalue weighted by molar-refractivity contribution is 0.0910. The zero-order valence-corrected chi connectivity index (χ0v) is 18.1. The maximum Gasteiger partial charge on any atom is 0.287 e. The van der Waals surface area contributed by atoms with E-state index >= 15 is 0 Å². The van der Waals surface area contributed by atoms with Gasteiger partial charge in [0.1, 0.15) is 5.58 Å². The second kappa shape index (κ2) is 8.80. The number of fused-ring (bicyclic) bond motifs is 1. The molecule has 2 aromatic carbocycles. The molecule has 0 radical (unpaired) electrons. The van der Waals surface area contributed by atoms with E-state index in [4.69, 9.17) is 27.6 Å². The van der Waals surface area contributed by atoms with Gasteiger partial charge in [0.05, 0.1) is 11.4 Å². The molecule has 2 heterocycles. The summed E-state index contributed by atoms with van der Waals surface area (Å²) in [6.07, 6.45) is 2.24. The highest BCUT2D eigenvalue weighted by Gasteiger charge is 2.26. The molecular formula is C23H22Cl2N2O3. The smallest absolute Gasteiger partial charge is 0.287 e. The van der Waals surface area contributed by atoms with E-state index in [9.17, 15) is 9.59 Å². The van der Waals surface area contributed by atoms with E-state index in [0.29, 0.717) is 27.6 Å². The minimum Gasteiger partial charge on any atom is -0.451 e. The van der Waals surface area contributed by atoms with Crippen LogP contribution in [0.4, 0.5) is 0 Å². The number of likely N-dealkylation sites (tertiary alicyclic amines) is 1. The van der Waals surface area contributed by atoms with Crippen molar-refractivity contribution < 1.29 is 9.21 Å². The summed E-state index contributed by atoms with van der Waals surface area (Å²) in [5.74, 6) is -0.452. The van der Waals surface area contributed by atoms with Gasteiger partial charge in [0.15, 0.2) is 11.2 Å². The molecule has 0 spiro atoms. The maximum atomic E-state index is 12.8. The van der Waals surface area contributed by atoms with Crippen LogP contribution in [-0.4, -0.2) is 30.4 Å². The van der Waals surface area contributed by atoms with Gasteiger partial charge in [-0.1, -0.05) is 41.4 Å². The lowest BCUT2D eigenvalue weighted by Crippen LogP contribution is -2.37. The van der Waals surface area contributed by atoms with Crippen molar-refractivity contribution in [2.75, 3.05) is 19.6 Å². The molecule has 1 atom stereocenters. The molecule has 1 N–H and O–H groups in total. The lowest BCUT2D eigenvalue weighted by Gasteiger charge is -2.28. The van der Waals surface area contributed by atoms with Crippen molar-refractivity contribution in [1.29, 1.82) is 0 Å². The van der Waals surface area contributed by atoms with Gasteiger partial charge in [-0.3, -0.25) is 14.5 Å². The first-order valence-electron chi connectivity index (χ1n) is 9.94. The van der Waals surface area contributed by atoms with Gasteiger partial charge >= 0.3 is 0 Å². The van der Waals surface area contributed by atoms with Gasteiger partial charge in [0.2, 0.25) is 0 Å². The molecule has 1 fully saturated rings. The van der Waals surface area contributed by atoms with E-state index in [1.165, 1.54) is 6.07 Å². The summed E-state index contributed by atoms with van der Waals surface area (Å²) >= 11 is 12.5. The predicted octanol–water partition coefficient (Wildman–Crippen LogP) is 4.98. The van der Waals surface area contributed by atoms with Crippen LogP contribution in [-0.2, 0) is 0 Å². The highest BCUT2D eigenvalue weighted by atomic mass is 35.5. The van der Waals surface area contributed by atoms with Crippen LogP contribution in [0.1, 0.15) is 40.6 Å². The number of hydrogen-bond acceptors (Lipinski definition) is 4. The number of rotatable bonds is 5. The molecule has 156 valence electrons. The Kier molecular flexibility index (Phi) is 6.14. The third kappa shape index (κ3) is 4.24. The van der Waals surface area contributed by atoms with Crippen molar-refractivity contribution in [3.8, 4) is 0 Å². The SMILES string of the molecule is Cc1cc2oc(C(=O)NCC(c3ccccc3Cl)N3CCCC3)cc(=O)c2cc1Cl. The molecular weight excluding hydrogens is 423 g/mol. The standard InChI is InChI=1S/C23H22Cl2N2O3/c1-14-10-21-16(11-18(14)25)20(28)12-22(30-21)23(29)26-13-19(27-8-4-5-9-27)15-6-2-3-7-17(15)24/h2-3,6-7,10-12,19H,4-5,8-9,13H2,1H3,(H,26,29). The summed E-state index contributed by atoms with van der Waals surface area (Å²) in [4.78, 5) is 27.6. The Morgan fingerprint density at radius 1 is 1.13 bits per heavy atom. The number of nitrogens with one attached hydrogen (secondary N) is 1. The first-order chi connectivity index (χ1) is 14.4. The number of benzene rings is 2. The van der Waals surface area contributed by atoms with Crippen molar-refractivity contribution in [3.05, 3.63) is 79.6 Å². The Balaban J connectivity index is 1.58. The number of aryl methyl sites for hydroxylation is 1. The number of nitrogens with zero attached hydrogens (tertiary/aromatic N) is 1. The van der Waals surface area contributed by atoms with Crippen LogP contribution in [0.25, 0.3) is 11.0 Å². The normalized spacial score (nSPS) is 15.4. The number of carbonyl (C=O) groups excluding carboxylic acids is 1. The van der Waals surface area contributed by atoms with Gasteiger partial charge in [-0.25, -0.2) is 0 Å². The van der Waals surface area contributed by atoms with Crippen LogP contribution in [0.15, 0.2) is 51.7 Å². The average Bonchev–Trinajstić information content (AvgIpc) is 3.25. The molecule has 1 aliphatic rings. The van der Waals surface area contributed by atoms with E-state index in [2.05, 4.69) is 10.2 Å². The second-order valence-electron chi connectivity index (χ2n) is 7.56. The van der Waals surface area contributed by atoms with E-state index in [0.717, 1.165) is 37.1 Å². The minimum absolute atomic E-state index is 0.0199. The van der Waals surface area contributed by atoms with Gasteiger partial charge in [-0.15, -0.1) is 0 Å². The van der Waals surface area contributed by atoms with Crippen molar-refractivity contribution >= 4 is 40.1 Å². The zero-order valence-electron chi connectivity index (χ0n) is 16.6. The number of carbonyl (C=O) groups is 1. The van der Waals surface area contributed by atoms with Crippen LogP contribution < -0.4 is 10.7 Å². The molecule has 3 aromatic rings. The predicted molar refractivity (Wildman–Crippen MR) is 120 cm³/mol. The fraction of sp³-hybridized carbons (Fsp3) is 0.304. The molecule has 0 bridgehead atoms. The van der Waals surface area contributed by atoms with Crippen LogP contribution in [0.2, 0.25) is 10.0 Å². The number of halogens is 2. The molecule has 1 amide bonds. The first-order valence-corrected chi connectivity index (χ1v) is 10.7. The molecule has 1 aromatic heterocycles. The van der Waals surface area contributed by atoms with E-state index in [-0.39, 0.29) is 17.2 Å². The molecule has 30 heavy (non-hydrogen) atoms. The average molecular weight is 445 g/mol. The number of amides is 1. The van der Waals surface area contributed by atoms with Gasteiger partial charge < -0.3 is 9.73 Å². The maximum absolute atomic E-state index is 12.8. The minimum atomic E-state index is -0.433. The highest BCUT2D eigenvalue weighted by Crippen LogP contribution is 2.30. The third-order valence-corrected chi connectivity index (χ3v) is 6.29. The quantitative estimate of drug-likeness (QED) is 0.602. The molecule has 7 heteroatoms. The van der Waals surface area contributed by atoms with Crippen molar-refractivity contribution in [2.24, 2.45) is 0 Å². The topological polar surface area (TPSA) is 62.6 Å². The lowest BCUT2D eigenvalue weighted by atomic mass is 10.1. The highest BCUT2D eigenvalue weighted by molar-refractivity contribution is 6.32. The van der Waals surface area contributed by atoms with Gasteiger partial charge in [-0.2, -0.15) is 0 Å². The molecule has 1 saturated heterocycles. The molecule has 1 unspecified atom stereocenters. The fourth-order valence-corrected chi connectivity index (χ4v) is 4.32. The summed E-state index contributed by atoms with van der Waals surface area (Å²) in [5, 5.41) is 4.44. The van der Waals surface area contributed by atoms with E-state index < -0.39 is 5.91 Å². The summed E-state index contributed by atoms with van der Waals surface area (Å²) in [6, 6.07) is 12.1. The van der Waals surface area contributed by atoms with Crippen LogP contribution in [0.5, 0.6) is 0 Å². The van der Waals surface area contributed by atoms with E-state index in [1.807, 2.05) is 31.2 Å². The summed E-state index contributed by atoms with van der Waals surface area (Å²) in [6.45, 7) is 4.09. The third-order valence-electron chi connectivity index (χ3n) is 5.53. The summed E-state index contributed by atoms with van der Waals surface area (Å²) < 4.78 is 5.72. The largest absolute Gasteiger partial charge is 0.451 e. The van der Waals surface area contributed by atoms with Gasteiger partial charge in [0, 0.05) is 22.7 Å². The molecule has 4 rings (SSSR count). The molecule has 5 nitrogen and oxygen atoms in total. The Labute approximate surface area is 184 Å². The second-order valence-corrected chi connectivity index (χ2v) is 8.38.